The Kier molecular flexibility index (Phi) is 5.68. The maximum Gasteiger partial charge on any atom is 0.322 e. The molecule has 0 spiro atoms. The van der Waals surface area contributed by atoms with Gasteiger partial charge in [0.1, 0.15) is 11.6 Å². The van der Waals surface area contributed by atoms with Gasteiger partial charge in [-0.3, -0.25) is 9.59 Å². The first kappa shape index (κ1) is 20.4. The Bertz CT molecular complexity index is 1550. The summed E-state index contributed by atoms with van der Waals surface area (Å²) in [5.41, 5.74) is 2.55. The molecule has 3 N–H and O–H groups in total. The van der Waals surface area contributed by atoms with E-state index in [1.807, 2.05) is 22.9 Å². The van der Waals surface area contributed by atoms with Crippen molar-refractivity contribution in [2.45, 2.75) is 24.7 Å². The van der Waals surface area contributed by atoms with Gasteiger partial charge in [-0.25, -0.2) is 8.42 Å². The van der Waals surface area contributed by atoms with Crippen LogP contribution in [0.5, 0.6) is 0 Å². The van der Waals surface area contributed by atoms with Gasteiger partial charge in [0.2, 0.25) is 10.0 Å². The highest BCUT2D eigenvalue weighted by molar-refractivity contribution is 7.89. The number of nitrogens with one attached hydrogen (secondary N) is 2. The molecule has 0 aliphatic rings. The van der Waals surface area contributed by atoms with Crippen molar-refractivity contribution in [2.75, 3.05) is 5.32 Å². The SMILES string of the molecule is [2H]C([2H])([2H])C(C)[C@H](NS(=O)(=O)c1ccc(-c2ccc(NC(=O)c3cc4ccccc4o3)cc2)cc1)C(=O)O. The number of para-hydroxylation sites is 1. The van der Waals surface area contributed by atoms with Crippen LogP contribution in [0.3, 0.4) is 0 Å². The monoisotopic (exact) mass is 495 g/mol. The van der Waals surface area contributed by atoms with Gasteiger partial charge in [0.25, 0.3) is 5.91 Å². The molecule has 4 aromatic rings. The summed E-state index contributed by atoms with van der Waals surface area (Å²) < 4.78 is 55.3. The molecular weight excluding hydrogens is 468 g/mol. The van der Waals surface area contributed by atoms with Crippen LogP contribution in [-0.2, 0) is 14.8 Å². The molecule has 0 aliphatic heterocycles. The number of hydrogen-bond donors (Lipinski definition) is 3. The number of carbonyl (C=O) groups excluding carboxylic acids is 1. The highest BCUT2D eigenvalue weighted by Crippen LogP contribution is 2.25. The van der Waals surface area contributed by atoms with Crippen LogP contribution < -0.4 is 10.0 Å². The Morgan fingerprint density at radius 3 is 2.20 bits per heavy atom. The van der Waals surface area contributed by atoms with Crippen LogP contribution in [0.25, 0.3) is 22.1 Å². The summed E-state index contributed by atoms with van der Waals surface area (Å²) in [6, 6.07) is 19.7. The molecule has 0 fully saturated rings. The molecule has 0 aliphatic carbocycles. The van der Waals surface area contributed by atoms with Gasteiger partial charge in [0, 0.05) is 15.2 Å². The van der Waals surface area contributed by atoms with E-state index in [-0.39, 0.29) is 10.7 Å². The topological polar surface area (TPSA) is 126 Å². The molecule has 1 aromatic heterocycles. The number of anilines is 1. The van der Waals surface area contributed by atoms with Gasteiger partial charge in [-0.2, -0.15) is 4.72 Å². The smallest absolute Gasteiger partial charge is 0.322 e. The lowest BCUT2D eigenvalue weighted by Crippen LogP contribution is -2.44. The molecule has 0 saturated heterocycles. The van der Waals surface area contributed by atoms with Crippen molar-refractivity contribution in [3.05, 3.63) is 84.6 Å². The van der Waals surface area contributed by atoms with E-state index in [0.29, 0.717) is 16.8 Å². The Morgan fingerprint density at radius 1 is 0.971 bits per heavy atom. The van der Waals surface area contributed by atoms with Crippen LogP contribution >= 0.6 is 0 Å². The normalized spacial score (nSPS) is 14.9. The predicted octanol–water partition coefficient (Wildman–Crippen LogP) is 4.74. The van der Waals surface area contributed by atoms with Crippen molar-refractivity contribution in [3.63, 3.8) is 0 Å². The molecular formula is C26H24N2O6S. The zero-order chi connectivity index (χ0) is 27.7. The number of fused-ring (bicyclic) bond motifs is 1. The van der Waals surface area contributed by atoms with E-state index in [1.54, 1.807) is 48.5 Å². The standard InChI is InChI=1S/C26H24N2O6S/c1-16(2)24(26(30)31)28-35(32,33)21-13-9-18(10-14-21)17-7-11-20(12-8-17)27-25(29)23-15-19-5-3-4-6-22(19)34-23/h3-16,24,28H,1-2H3,(H,27,29)(H,30,31)/t24-/m0/s1/i1D3/t16?,24-. The lowest BCUT2D eigenvalue weighted by molar-refractivity contribution is -0.140. The number of carboxylic acid groups (broad SMARTS) is 1. The van der Waals surface area contributed by atoms with Gasteiger partial charge in [-0.05, 0) is 53.4 Å². The van der Waals surface area contributed by atoms with Crippen LogP contribution in [0.1, 0.15) is 28.4 Å². The van der Waals surface area contributed by atoms with Crippen LogP contribution in [0.2, 0.25) is 0 Å². The highest BCUT2D eigenvalue weighted by Gasteiger charge is 2.28. The average Bonchev–Trinajstić information content (AvgIpc) is 3.31. The number of sulfonamides is 1. The molecule has 1 unspecified atom stereocenters. The number of benzene rings is 3. The number of rotatable bonds is 8. The number of amides is 1. The van der Waals surface area contributed by atoms with Gasteiger partial charge in [0.05, 0.1) is 4.90 Å². The minimum atomic E-state index is -4.30. The van der Waals surface area contributed by atoms with E-state index in [1.165, 1.54) is 12.1 Å². The molecule has 1 heterocycles. The van der Waals surface area contributed by atoms with Crippen molar-refractivity contribution >= 4 is 38.6 Å². The summed E-state index contributed by atoms with van der Waals surface area (Å²) in [5, 5.41) is 13.0. The number of carboxylic acids is 1. The first-order valence-corrected chi connectivity index (χ1v) is 12.1. The van der Waals surface area contributed by atoms with Crippen LogP contribution in [-0.4, -0.2) is 31.4 Å². The zero-order valence-corrected chi connectivity index (χ0v) is 19.4. The maximum atomic E-state index is 12.7. The van der Waals surface area contributed by atoms with E-state index < -0.39 is 40.7 Å². The molecule has 0 bridgehead atoms. The lowest BCUT2D eigenvalue weighted by atomic mass is 10.1. The largest absolute Gasteiger partial charge is 0.480 e. The molecule has 0 saturated carbocycles. The minimum absolute atomic E-state index is 0.180. The van der Waals surface area contributed by atoms with Gasteiger partial charge in [-0.1, -0.05) is 56.2 Å². The Balaban J connectivity index is 1.45. The fraction of sp³-hybridized carbons (Fsp3) is 0.154. The lowest BCUT2D eigenvalue weighted by Gasteiger charge is -2.18. The first-order valence-electron chi connectivity index (χ1n) is 12.1. The third-order valence-corrected chi connectivity index (χ3v) is 6.80. The number of hydrogen-bond acceptors (Lipinski definition) is 5. The second-order valence-electron chi connectivity index (χ2n) is 7.93. The van der Waals surface area contributed by atoms with Crippen molar-refractivity contribution < 1.29 is 31.6 Å². The molecule has 1 amide bonds. The zero-order valence-electron chi connectivity index (χ0n) is 21.6. The first-order chi connectivity index (χ1) is 17.8. The minimum Gasteiger partial charge on any atom is -0.480 e. The van der Waals surface area contributed by atoms with Gasteiger partial charge in [0.15, 0.2) is 5.76 Å². The van der Waals surface area contributed by atoms with Crippen LogP contribution in [0, 0.1) is 5.92 Å². The Labute approximate surface area is 206 Å². The fourth-order valence-corrected chi connectivity index (χ4v) is 4.73. The summed E-state index contributed by atoms with van der Waals surface area (Å²) in [4.78, 5) is 23.9. The summed E-state index contributed by atoms with van der Waals surface area (Å²) >= 11 is 0. The quantitative estimate of drug-likeness (QED) is 0.324. The summed E-state index contributed by atoms with van der Waals surface area (Å²) in [7, 11) is -4.30. The molecule has 180 valence electrons. The van der Waals surface area contributed by atoms with Crippen molar-refractivity contribution in [2.24, 2.45) is 5.92 Å². The highest BCUT2D eigenvalue weighted by atomic mass is 32.2. The van der Waals surface area contributed by atoms with E-state index in [4.69, 9.17) is 8.53 Å². The van der Waals surface area contributed by atoms with Gasteiger partial charge in [-0.15, -0.1) is 0 Å². The maximum absolute atomic E-state index is 12.7. The van der Waals surface area contributed by atoms with E-state index in [2.05, 4.69) is 5.32 Å². The van der Waals surface area contributed by atoms with Gasteiger partial charge >= 0.3 is 5.97 Å². The fourth-order valence-electron chi connectivity index (χ4n) is 3.46. The van der Waals surface area contributed by atoms with Gasteiger partial charge < -0.3 is 14.8 Å². The Hall–Kier alpha value is -3.95. The van der Waals surface area contributed by atoms with E-state index in [0.717, 1.165) is 17.9 Å². The Morgan fingerprint density at radius 2 is 1.60 bits per heavy atom. The number of furan rings is 1. The summed E-state index contributed by atoms with van der Waals surface area (Å²) in [6.45, 7) is -1.51. The molecule has 4 rings (SSSR count). The number of aliphatic carboxylic acids is 1. The molecule has 3 aromatic carbocycles. The third kappa shape index (κ3) is 5.42. The molecule has 0 radical (unpaired) electrons. The van der Waals surface area contributed by atoms with Crippen molar-refractivity contribution in [1.82, 2.24) is 4.72 Å². The third-order valence-electron chi connectivity index (χ3n) is 5.34. The van der Waals surface area contributed by atoms with Crippen LogP contribution in [0.15, 0.2) is 88.2 Å². The van der Waals surface area contributed by atoms with Crippen LogP contribution in [0.4, 0.5) is 5.69 Å². The molecule has 35 heavy (non-hydrogen) atoms. The second-order valence-corrected chi connectivity index (χ2v) is 9.64. The molecule has 2 atom stereocenters. The molecule has 8 nitrogen and oxygen atoms in total. The number of carbonyl (C=O) groups is 2. The average molecular weight is 496 g/mol. The van der Waals surface area contributed by atoms with E-state index >= 15 is 0 Å². The second kappa shape index (κ2) is 9.73. The summed E-state index contributed by atoms with van der Waals surface area (Å²) in [6.07, 6.45) is 0. The van der Waals surface area contributed by atoms with E-state index in [9.17, 15) is 23.1 Å². The summed E-state index contributed by atoms with van der Waals surface area (Å²) in [5.74, 6) is -3.25. The van der Waals surface area contributed by atoms with Crippen molar-refractivity contribution in [1.29, 1.82) is 0 Å². The van der Waals surface area contributed by atoms with Crippen molar-refractivity contribution in [3.8, 4) is 11.1 Å². The molecule has 9 heteroatoms. The predicted molar refractivity (Wildman–Crippen MR) is 133 cm³/mol.